The van der Waals surface area contributed by atoms with Crippen LogP contribution in [0.2, 0.25) is 5.02 Å². The number of likely N-dealkylation sites (tertiary alicyclic amines) is 2. The molecule has 0 amide bonds. The van der Waals surface area contributed by atoms with Crippen LogP contribution in [0.5, 0.6) is 17.2 Å². The van der Waals surface area contributed by atoms with Gasteiger partial charge >= 0.3 is 0 Å². The highest BCUT2D eigenvalue weighted by Crippen LogP contribution is 2.49. The number of rotatable bonds is 14. The molecule has 1 atom stereocenters. The summed E-state index contributed by atoms with van der Waals surface area (Å²) >= 11 is 6.90. The maximum atomic E-state index is 10.3. The van der Waals surface area contributed by atoms with E-state index in [2.05, 4.69) is 71.1 Å². The van der Waals surface area contributed by atoms with Crippen molar-refractivity contribution >= 4 is 11.6 Å². The molecule has 1 aromatic heterocycles. The van der Waals surface area contributed by atoms with Gasteiger partial charge in [-0.1, -0.05) is 48.4 Å². The van der Waals surface area contributed by atoms with E-state index in [4.69, 9.17) is 25.8 Å². The van der Waals surface area contributed by atoms with Crippen molar-refractivity contribution in [2.24, 2.45) is 5.41 Å². The minimum absolute atomic E-state index is 0.0844. The average molecular weight is 749 g/mol. The fraction of sp³-hybridized carbons (Fsp3) is 0.467. The van der Waals surface area contributed by atoms with E-state index < -0.39 is 0 Å². The van der Waals surface area contributed by atoms with Crippen LogP contribution in [0.3, 0.4) is 0 Å². The van der Waals surface area contributed by atoms with Crippen LogP contribution < -0.4 is 14.2 Å². The Kier molecular flexibility index (Phi) is 12.4. The number of pyridine rings is 1. The zero-order chi connectivity index (χ0) is 37.5. The lowest BCUT2D eigenvalue weighted by Gasteiger charge is -2.51. The molecule has 2 aliphatic heterocycles. The fourth-order valence-electron chi connectivity index (χ4n) is 8.40. The van der Waals surface area contributed by atoms with Crippen molar-refractivity contribution in [3.63, 3.8) is 0 Å². The van der Waals surface area contributed by atoms with Gasteiger partial charge < -0.3 is 24.2 Å². The normalized spacial score (nSPS) is 18.5. The molecule has 284 valence electrons. The molecular weight excluding hydrogens is 696 g/mol. The summed E-state index contributed by atoms with van der Waals surface area (Å²) in [5, 5.41) is 20.1. The Morgan fingerprint density at radius 3 is 2.31 bits per heavy atom. The Balaban J connectivity index is 1.00. The van der Waals surface area contributed by atoms with Crippen LogP contribution in [0.4, 0.5) is 0 Å². The quantitative estimate of drug-likeness (QED) is 0.128. The highest BCUT2D eigenvalue weighted by Gasteiger charge is 2.47. The summed E-state index contributed by atoms with van der Waals surface area (Å²) < 4.78 is 19.2. The monoisotopic (exact) mass is 748 g/mol. The van der Waals surface area contributed by atoms with E-state index in [1.165, 1.54) is 25.7 Å². The number of aliphatic hydroxyl groups excluding tert-OH is 1. The van der Waals surface area contributed by atoms with Gasteiger partial charge in [-0.25, -0.2) is 0 Å². The smallest absolute Gasteiger partial charge is 0.142 e. The molecule has 3 aromatic carbocycles. The van der Waals surface area contributed by atoms with Crippen molar-refractivity contribution < 1.29 is 19.3 Å². The molecule has 2 saturated heterocycles. The number of ether oxygens (including phenoxy) is 3. The molecule has 54 heavy (non-hydrogen) atoms. The molecule has 1 N–H and O–H groups in total. The minimum Gasteiger partial charge on any atom is -0.493 e. The predicted molar refractivity (Wildman–Crippen MR) is 213 cm³/mol. The fourth-order valence-corrected chi connectivity index (χ4v) is 8.64. The number of piperidine rings is 2. The Bertz CT molecular complexity index is 1950. The molecule has 9 heteroatoms. The number of aromatic nitrogens is 1. The summed E-state index contributed by atoms with van der Waals surface area (Å²) in [6.07, 6.45) is 12.2. The van der Waals surface area contributed by atoms with E-state index in [0.29, 0.717) is 29.5 Å². The molecule has 0 radical (unpaired) electrons. The maximum absolute atomic E-state index is 10.3. The predicted octanol–water partition coefficient (Wildman–Crippen LogP) is 9.04. The lowest BCUT2D eigenvalue weighted by Crippen LogP contribution is -2.52. The molecular formula is C45H53ClN4O4. The van der Waals surface area contributed by atoms with Gasteiger partial charge in [-0.15, -0.1) is 0 Å². The summed E-state index contributed by atoms with van der Waals surface area (Å²) in [5.74, 6) is 2.21. The molecule has 1 saturated carbocycles. The number of benzene rings is 3. The summed E-state index contributed by atoms with van der Waals surface area (Å²) in [7, 11) is 0. The van der Waals surface area contributed by atoms with Crippen molar-refractivity contribution in [1.29, 1.82) is 5.26 Å². The molecule has 0 bridgehead atoms. The van der Waals surface area contributed by atoms with E-state index in [1.807, 2.05) is 12.1 Å². The summed E-state index contributed by atoms with van der Waals surface area (Å²) in [4.78, 5) is 9.17. The summed E-state index contributed by atoms with van der Waals surface area (Å²) in [5.41, 5.74) is 8.21. The van der Waals surface area contributed by atoms with Gasteiger partial charge in [-0.05, 0) is 136 Å². The van der Waals surface area contributed by atoms with Gasteiger partial charge in [0, 0.05) is 42.7 Å². The zero-order valence-corrected chi connectivity index (χ0v) is 32.5. The standard InChI is InChI=1S/C45H53ClN4O4/c1-32-36(9-6-10-38(32)39-11-7-12-41(33(39)2)52-22-8-19-49-20-15-45(16-21-49)14-13-44(45)51)31-54-43-25-42(53-30-35-23-34(26-47)27-48-28-35)37(24-40(43)46)29-50-17-4-3-5-18-50/h6-7,9-12,23-25,27-28,44,51H,3-5,8,13-22,29-31H2,1-2H3. The molecule has 8 nitrogen and oxygen atoms in total. The average Bonchev–Trinajstić information content (AvgIpc) is 3.20. The third kappa shape index (κ3) is 8.87. The first-order valence-electron chi connectivity index (χ1n) is 19.7. The van der Waals surface area contributed by atoms with Gasteiger partial charge in [-0.3, -0.25) is 9.88 Å². The molecule has 1 unspecified atom stereocenters. The van der Waals surface area contributed by atoms with Crippen LogP contribution in [-0.4, -0.2) is 65.3 Å². The van der Waals surface area contributed by atoms with E-state index in [9.17, 15) is 10.4 Å². The Hall–Kier alpha value is -4.13. The largest absolute Gasteiger partial charge is 0.493 e. The molecule has 1 spiro atoms. The van der Waals surface area contributed by atoms with E-state index in [-0.39, 0.29) is 18.1 Å². The molecule has 7 rings (SSSR count). The van der Waals surface area contributed by atoms with E-state index >= 15 is 0 Å². The van der Waals surface area contributed by atoms with Crippen molar-refractivity contribution in [2.45, 2.75) is 91.1 Å². The van der Waals surface area contributed by atoms with Crippen molar-refractivity contribution in [1.82, 2.24) is 14.8 Å². The molecule has 3 fully saturated rings. The molecule has 4 aromatic rings. The van der Waals surface area contributed by atoms with E-state index in [1.54, 1.807) is 18.5 Å². The number of nitrogens with zero attached hydrogens (tertiary/aromatic N) is 4. The van der Waals surface area contributed by atoms with E-state index in [0.717, 1.165) is 115 Å². The lowest BCUT2D eigenvalue weighted by molar-refractivity contribution is -0.0994. The maximum Gasteiger partial charge on any atom is 0.142 e. The molecule has 1 aliphatic carbocycles. The number of hydrogen-bond acceptors (Lipinski definition) is 8. The second-order valence-electron chi connectivity index (χ2n) is 15.5. The minimum atomic E-state index is -0.0844. The third-order valence-electron chi connectivity index (χ3n) is 12.0. The number of halogens is 1. The Morgan fingerprint density at radius 1 is 0.815 bits per heavy atom. The van der Waals surface area contributed by atoms with Crippen molar-refractivity contribution in [3.05, 3.63) is 105 Å². The lowest BCUT2D eigenvalue weighted by atomic mass is 9.61. The first-order chi connectivity index (χ1) is 26.3. The van der Waals surface area contributed by atoms with Crippen LogP contribution in [0.15, 0.2) is 67.0 Å². The highest BCUT2D eigenvalue weighted by molar-refractivity contribution is 6.32. The first-order valence-corrected chi connectivity index (χ1v) is 20.1. The van der Waals surface area contributed by atoms with Crippen LogP contribution in [0, 0.1) is 30.6 Å². The van der Waals surface area contributed by atoms with Crippen LogP contribution in [-0.2, 0) is 19.8 Å². The Labute approximate surface area is 325 Å². The number of nitriles is 1. The van der Waals surface area contributed by atoms with Crippen molar-refractivity contribution in [2.75, 3.05) is 39.3 Å². The highest BCUT2D eigenvalue weighted by atomic mass is 35.5. The van der Waals surface area contributed by atoms with Crippen molar-refractivity contribution in [3.8, 4) is 34.4 Å². The third-order valence-corrected chi connectivity index (χ3v) is 12.3. The van der Waals surface area contributed by atoms with Gasteiger partial charge in [0.15, 0.2) is 0 Å². The Morgan fingerprint density at radius 2 is 1.57 bits per heavy atom. The zero-order valence-electron chi connectivity index (χ0n) is 31.8. The van der Waals surface area contributed by atoms with Gasteiger partial charge in [-0.2, -0.15) is 5.26 Å². The van der Waals surface area contributed by atoms with Gasteiger partial charge in [0.2, 0.25) is 0 Å². The number of aliphatic hydroxyl groups is 1. The summed E-state index contributed by atoms with van der Waals surface area (Å²) in [6, 6.07) is 20.5. The van der Waals surface area contributed by atoms with Gasteiger partial charge in [0.1, 0.15) is 36.5 Å². The molecule has 3 aliphatic rings. The second-order valence-corrected chi connectivity index (χ2v) is 15.9. The first kappa shape index (κ1) is 38.2. The van der Waals surface area contributed by atoms with Crippen LogP contribution >= 0.6 is 11.6 Å². The van der Waals surface area contributed by atoms with Gasteiger partial charge in [0.05, 0.1) is 23.3 Å². The molecule has 3 heterocycles. The SMILES string of the molecule is Cc1c(COc2cc(OCc3cncc(C#N)c3)c(CN3CCCCC3)cc2Cl)cccc1-c1cccc(OCCCN2CCC3(CCC3O)CC2)c1C. The second kappa shape index (κ2) is 17.6. The number of hydrogen-bond donors (Lipinski definition) is 1. The van der Waals surface area contributed by atoms with Gasteiger partial charge in [0.25, 0.3) is 0 Å². The topological polar surface area (TPSA) is 91.1 Å². The summed E-state index contributed by atoms with van der Waals surface area (Å²) in [6.45, 7) is 11.6. The van der Waals surface area contributed by atoms with Crippen LogP contribution in [0.25, 0.3) is 11.1 Å². The van der Waals surface area contributed by atoms with Crippen LogP contribution in [0.1, 0.15) is 84.7 Å².